The lowest BCUT2D eigenvalue weighted by Crippen LogP contribution is -2.04. The second kappa shape index (κ2) is 9.24. The summed E-state index contributed by atoms with van der Waals surface area (Å²) in [6.45, 7) is 7.69. The Labute approximate surface area is 148 Å². The van der Waals surface area contributed by atoms with Gasteiger partial charge in [0.2, 0.25) is 0 Å². The summed E-state index contributed by atoms with van der Waals surface area (Å²) in [5.41, 5.74) is 4.84. The highest BCUT2D eigenvalue weighted by molar-refractivity contribution is 6.68. The topological polar surface area (TPSA) is 54.4 Å². The maximum absolute atomic E-state index is 11.0. The molecule has 0 fully saturated rings. The molecule has 0 unspecified atom stereocenters. The highest BCUT2D eigenvalue weighted by Crippen LogP contribution is 2.17. The summed E-state index contributed by atoms with van der Waals surface area (Å²) in [7, 11) is 0. The average molecular weight is 347 g/mol. The monoisotopic (exact) mass is 346 g/mol. The summed E-state index contributed by atoms with van der Waals surface area (Å²) in [6, 6.07) is 11.3. The van der Waals surface area contributed by atoms with Crippen LogP contribution in [0.4, 0.5) is 0 Å². The molecule has 0 heterocycles. The molecule has 0 aliphatic rings. The molecule has 0 spiro atoms. The molecular weight excluding hydrogens is 324 g/mol. The van der Waals surface area contributed by atoms with E-state index in [4.69, 9.17) is 16.7 Å². The van der Waals surface area contributed by atoms with Gasteiger partial charge in [0.05, 0.1) is 5.56 Å². The van der Waals surface area contributed by atoms with Gasteiger partial charge in [0.25, 0.3) is 5.24 Å². The van der Waals surface area contributed by atoms with Gasteiger partial charge in [-0.1, -0.05) is 50.2 Å². The van der Waals surface area contributed by atoms with Gasteiger partial charge in [0.1, 0.15) is 0 Å². The van der Waals surface area contributed by atoms with Gasteiger partial charge in [-0.25, -0.2) is 4.79 Å². The fourth-order valence-electron chi connectivity index (χ4n) is 2.63. The van der Waals surface area contributed by atoms with E-state index in [1.165, 1.54) is 0 Å². The molecule has 0 atom stereocenters. The molecule has 4 heteroatoms. The predicted molar refractivity (Wildman–Crippen MR) is 98.3 cm³/mol. The van der Waals surface area contributed by atoms with Gasteiger partial charge >= 0.3 is 5.97 Å². The van der Waals surface area contributed by atoms with Gasteiger partial charge in [-0.3, -0.25) is 4.79 Å². The summed E-state index contributed by atoms with van der Waals surface area (Å²) in [5, 5.41) is 8.52. The number of carbonyl (C=O) groups is 2. The van der Waals surface area contributed by atoms with Gasteiger partial charge in [-0.15, -0.1) is 0 Å². The summed E-state index contributed by atoms with van der Waals surface area (Å²) in [5.74, 6) is -0.829. The Kier molecular flexibility index (Phi) is 7.66. The van der Waals surface area contributed by atoms with Gasteiger partial charge in [0.15, 0.2) is 0 Å². The number of rotatable bonds is 4. The third kappa shape index (κ3) is 4.93. The van der Waals surface area contributed by atoms with E-state index in [9.17, 15) is 9.59 Å². The largest absolute Gasteiger partial charge is 0.478 e. The van der Waals surface area contributed by atoms with Crippen LogP contribution in [0, 0.1) is 13.8 Å². The Hall–Kier alpha value is -2.13. The number of carboxylic acids is 1. The molecule has 2 aromatic carbocycles. The van der Waals surface area contributed by atoms with E-state index in [0.29, 0.717) is 11.1 Å². The Morgan fingerprint density at radius 3 is 1.58 bits per heavy atom. The number of carbonyl (C=O) groups excluding carboxylic acids is 1. The number of aryl methyl sites for hydroxylation is 4. The molecular formula is C20H23ClO3. The van der Waals surface area contributed by atoms with E-state index < -0.39 is 5.97 Å². The van der Waals surface area contributed by atoms with E-state index in [0.717, 1.165) is 35.1 Å². The fraction of sp³-hybridized carbons (Fsp3) is 0.300. The first-order chi connectivity index (χ1) is 11.3. The molecule has 2 rings (SSSR count). The van der Waals surface area contributed by atoms with Crippen molar-refractivity contribution in [1.29, 1.82) is 0 Å². The number of aromatic carboxylic acids is 1. The molecule has 0 aromatic heterocycles. The lowest BCUT2D eigenvalue weighted by molar-refractivity contribution is 0.0694. The van der Waals surface area contributed by atoms with Gasteiger partial charge in [-0.05, 0) is 60.5 Å². The molecule has 0 aliphatic heterocycles. The van der Waals surface area contributed by atoms with Crippen molar-refractivity contribution in [2.75, 3.05) is 0 Å². The number of benzene rings is 2. The fourth-order valence-corrected chi connectivity index (χ4v) is 2.90. The van der Waals surface area contributed by atoms with Crippen molar-refractivity contribution >= 4 is 22.8 Å². The predicted octanol–water partition coefficient (Wildman–Crippen LogP) is 5.19. The van der Waals surface area contributed by atoms with Crippen molar-refractivity contribution < 1.29 is 14.7 Å². The molecule has 0 bridgehead atoms. The van der Waals surface area contributed by atoms with E-state index >= 15 is 0 Å². The van der Waals surface area contributed by atoms with E-state index in [1.807, 2.05) is 64.1 Å². The van der Waals surface area contributed by atoms with Crippen LogP contribution in [0.25, 0.3) is 0 Å². The lowest BCUT2D eigenvalue weighted by Gasteiger charge is -2.05. The first-order valence-electron chi connectivity index (χ1n) is 7.93. The highest BCUT2D eigenvalue weighted by atomic mass is 35.5. The van der Waals surface area contributed by atoms with Crippen LogP contribution in [-0.2, 0) is 12.8 Å². The van der Waals surface area contributed by atoms with Crippen LogP contribution in [-0.4, -0.2) is 16.3 Å². The zero-order valence-corrected chi connectivity index (χ0v) is 15.3. The minimum atomic E-state index is -0.829. The molecule has 0 radical (unpaired) electrons. The maximum Gasteiger partial charge on any atom is 0.336 e. The third-order valence-corrected chi connectivity index (χ3v) is 4.08. The van der Waals surface area contributed by atoms with Crippen LogP contribution in [0.3, 0.4) is 0 Å². The van der Waals surface area contributed by atoms with Crippen LogP contribution in [0.2, 0.25) is 0 Å². The normalized spacial score (nSPS) is 9.88. The number of hydrogen-bond donors (Lipinski definition) is 1. The molecule has 3 nitrogen and oxygen atoms in total. The van der Waals surface area contributed by atoms with Gasteiger partial charge < -0.3 is 5.11 Å². The van der Waals surface area contributed by atoms with E-state index in [-0.39, 0.29) is 5.24 Å². The Bertz CT molecular complexity index is 672. The van der Waals surface area contributed by atoms with Crippen molar-refractivity contribution in [3.63, 3.8) is 0 Å². The second-order valence-electron chi connectivity index (χ2n) is 5.50. The number of halogens is 1. The zero-order valence-electron chi connectivity index (χ0n) is 14.5. The maximum atomic E-state index is 11.0. The highest BCUT2D eigenvalue weighted by Gasteiger charge is 2.10. The van der Waals surface area contributed by atoms with Crippen molar-refractivity contribution in [3.05, 3.63) is 69.8 Å². The van der Waals surface area contributed by atoms with Gasteiger partial charge in [0, 0.05) is 5.56 Å². The van der Waals surface area contributed by atoms with E-state index in [1.54, 1.807) is 0 Å². The Morgan fingerprint density at radius 2 is 1.29 bits per heavy atom. The Morgan fingerprint density at radius 1 is 0.875 bits per heavy atom. The quantitative estimate of drug-likeness (QED) is 0.775. The van der Waals surface area contributed by atoms with Crippen molar-refractivity contribution in [3.8, 4) is 0 Å². The minimum absolute atomic E-state index is 0.357. The smallest absolute Gasteiger partial charge is 0.336 e. The lowest BCUT2D eigenvalue weighted by atomic mass is 10.0. The molecule has 0 saturated heterocycles. The first-order valence-corrected chi connectivity index (χ1v) is 8.31. The molecule has 0 saturated carbocycles. The Balaban J connectivity index is 0.000000240. The zero-order chi connectivity index (χ0) is 18.3. The van der Waals surface area contributed by atoms with Crippen LogP contribution < -0.4 is 0 Å². The van der Waals surface area contributed by atoms with Gasteiger partial charge in [-0.2, -0.15) is 0 Å². The first kappa shape index (κ1) is 19.9. The van der Waals surface area contributed by atoms with Crippen LogP contribution in [0.15, 0.2) is 36.4 Å². The van der Waals surface area contributed by atoms with Crippen LogP contribution in [0.5, 0.6) is 0 Å². The van der Waals surface area contributed by atoms with Crippen molar-refractivity contribution in [1.82, 2.24) is 0 Å². The standard InChI is InChI=1S/C10H11ClO.C10H12O2/c2*1-3-8-6-4-5-7(2)9(8)10(11)12/h4-6H,3H2,1-2H3;4-6H,3H2,1-2H3,(H,11,12). The summed E-state index contributed by atoms with van der Waals surface area (Å²) < 4.78 is 0. The van der Waals surface area contributed by atoms with E-state index in [2.05, 4.69) is 0 Å². The molecule has 128 valence electrons. The molecule has 2 aromatic rings. The summed E-state index contributed by atoms with van der Waals surface area (Å²) in [6.07, 6.45) is 1.61. The molecule has 0 aliphatic carbocycles. The third-order valence-electron chi connectivity index (χ3n) is 3.89. The molecule has 0 amide bonds. The minimum Gasteiger partial charge on any atom is -0.478 e. The summed E-state index contributed by atoms with van der Waals surface area (Å²) in [4.78, 5) is 21.8. The van der Waals surface area contributed by atoms with Crippen LogP contribution in [0.1, 0.15) is 56.8 Å². The van der Waals surface area contributed by atoms with Crippen molar-refractivity contribution in [2.45, 2.75) is 40.5 Å². The van der Waals surface area contributed by atoms with Crippen LogP contribution >= 0.6 is 11.6 Å². The SMILES string of the molecule is CCc1cccc(C)c1C(=O)Cl.CCc1cccc(C)c1C(=O)O. The second-order valence-corrected chi connectivity index (χ2v) is 5.85. The summed E-state index contributed by atoms with van der Waals surface area (Å²) >= 11 is 5.45. The molecule has 1 N–H and O–H groups in total. The van der Waals surface area contributed by atoms with Crippen molar-refractivity contribution in [2.24, 2.45) is 0 Å². The number of hydrogen-bond acceptors (Lipinski definition) is 2. The average Bonchev–Trinajstić information content (AvgIpc) is 2.54. The number of carboxylic acid groups (broad SMARTS) is 1. The molecule has 24 heavy (non-hydrogen) atoms.